The van der Waals surface area contributed by atoms with Gasteiger partial charge < -0.3 is 10.1 Å². The first-order valence-electron chi connectivity index (χ1n) is 6.22. The molecule has 18 heavy (non-hydrogen) atoms. The van der Waals surface area contributed by atoms with E-state index in [-0.39, 0.29) is 0 Å². The van der Waals surface area contributed by atoms with Crippen molar-refractivity contribution in [2.24, 2.45) is 0 Å². The van der Waals surface area contributed by atoms with Gasteiger partial charge in [-0.2, -0.15) is 0 Å². The molecule has 0 amide bonds. The number of hydrogen-bond acceptors (Lipinski definition) is 4. The Bertz CT molecular complexity index is 494. The van der Waals surface area contributed by atoms with Gasteiger partial charge in [-0.1, -0.05) is 12.1 Å². The van der Waals surface area contributed by atoms with E-state index in [1.165, 1.54) is 18.4 Å². The Labute approximate surface area is 111 Å². The first kappa shape index (κ1) is 11.7. The van der Waals surface area contributed by atoms with Crippen molar-refractivity contribution in [3.05, 3.63) is 46.4 Å². The Morgan fingerprint density at radius 2 is 2.33 bits per heavy atom. The van der Waals surface area contributed by atoms with Gasteiger partial charge in [0.1, 0.15) is 12.4 Å². The second-order valence-electron chi connectivity index (χ2n) is 4.57. The van der Waals surface area contributed by atoms with Gasteiger partial charge in [0.15, 0.2) is 0 Å². The van der Waals surface area contributed by atoms with Crippen LogP contribution in [0.3, 0.4) is 0 Å². The highest BCUT2D eigenvalue weighted by Gasteiger charge is 2.19. The summed E-state index contributed by atoms with van der Waals surface area (Å²) in [5, 5.41) is 5.52. The molecule has 0 radical (unpaired) electrons. The highest BCUT2D eigenvalue weighted by Crippen LogP contribution is 2.20. The Hall–Kier alpha value is -1.39. The third-order valence-electron chi connectivity index (χ3n) is 2.94. The highest BCUT2D eigenvalue weighted by atomic mass is 32.1. The predicted molar refractivity (Wildman–Crippen MR) is 72.7 cm³/mol. The standard InChI is InChI=1S/C14H16N2OS/c1-2-11(7-15-12-4-5-12)6-14(3-1)17-8-13-9-18-10-16-13/h1-3,6,9-10,12,15H,4-5,7-8H2. The van der Waals surface area contributed by atoms with E-state index < -0.39 is 0 Å². The van der Waals surface area contributed by atoms with Crippen LogP contribution in [0.5, 0.6) is 5.75 Å². The number of thiazole rings is 1. The van der Waals surface area contributed by atoms with Crippen molar-refractivity contribution in [3.63, 3.8) is 0 Å². The van der Waals surface area contributed by atoms with Crippen LogP contribution in [0.25, 0.3) is 0 Å². The number of nitrogens with one attached hydrogen (secondary N) is 1. The van der Waals surface area contributed by atoms with Gasteiger partial charge in [-0.05, 0) is 30.5 Å². The Kier molecular flexibility index (Phi) is 3.57. The summed E-state index contributed by atoms with van der Waals surface area (Å²) in [6.45, 7) is 1.47. The van der Waals surface area contributed by atoms with Crippen LogP contribution in [0.4, 0.5) is 0 Å². The Morgan fingerprint density at radius 1 is 1.39 bits per heavy atom. The van der Waals surface area contributed by atoms with E-state index in [0.29, 0.717) is 6.61 Å². The Morgan fingerprint density at radius 3 is 3.11 bits per heavy atom. The van der Waals surface area contributed by atoms with E-state index in [2.05, 4.69) is 22.4 Å². The summed E-state index contributed by atoms with van der Waals surface area (Å²) in [6, 6.07) is 9.00. The van der Waals surface area contributed by atoms with Crippen molar-refractivity contribution < 1.29 is 4.74 Å². The molecular weight excluding hydrogens is 244 g/mol. The fourth-order valence-corrected chi connectivity index (χ4v) is 2.30. The number of nitrogens with zero attached hydrogens (tertiary/aromatic N) is 1. The van der Waals surface area contributed by atoms with E-state index in [1.807, 2.05) is 23.0 Å². The highest BCUT2D eigenvalue weighted by molar-refractivity contribution is 7.07. The smallest absolute Gasteiger partial charge is 0.131 e. The second kappa shape index (κ2) is 5.50. The van der Waals surface area contributed by atoms with Gasteiger partial charge in [0.05, 0.1) is 11.2 Å². The average molecular weight is 260 g/mol. The fourth-order valence-electron chi connectivity index (χ4n) is 1.76. The molecule has 0 saturated heterocycles. The lowest BCUT2D eigenvalue weighted by atomic mass is 10.2. The van der Waals surface area contributed by atoms with Crippen molar-refractivity contribution in [2.75, 3.05) is 0 Å². The van der Waals surface area contributed by atoms with E-state index in [4.69, 9.17) is 4.74 Å². The lowest BCUT2D eigenvalue weighted by molar-refractivity contribution is 0.302. The lowest BCUT2D eigenvalue weighted by Gasteiger charge is -2.07. The van der Waals surface area contributed by atoms with Crippen molar-refractivity contribution in [1.82, 2.24) is 10.3 Å². The molecule has 1 aliphatic rings. The van der Waals surface area contributed by atoms with Crippen LogP contribution >= 0.6 is 11.3 Å². The van der Waals surface area contributed by atoms with Crippen molar-refractivity contribution in [1.29, 1.82) is 0 Å². The number of benzene rings is 1. The van der Waals surface area contributed by atoms with Crippen LogP contribution in [-0.4, -0.2) is 11.0 Å². The van der Waals surface area contributed by atoms with Crippen LogP contribution in [0.15, 0.2) is 35.2 Å². The molecule has 0 spiro atoms. The number of rotatable bonds is 6. The minimum absolute atomic E-state index is 0.545. The topological polar surface area (TPSA) is 34.1 Å². The van der Waals surface area contributed by atoms with Gasteiger partial charge in [-0.25, -0.2) is 4.98 Å². The zero-order valence-corrected chi connectivity index (χ0v) is 11.0. The molecule has 1 fully saturated rings. The molecule has 1 N–H and O–H groups in total. The third-order valence-corrected chi connectivity index (χ3v) is 3.58. The maximum Gasteiger partial charge on any atom is 0.131 e. The van der Waals surface area contributed by atoms with Gasteiger partial charge in [0, 0.05) is 18.0 Å². The molecule has 0 atom stereocenters. The van der Waals surface area contributed by atoms with Crippen LogP contribution < -0.4 is 10.1 Å². The van der Waals surface area contributed by atoms with Gasteiger partial charge in [0.2, 0.25) is 0 Å². The van der Waals surface area contributed by atoms with Gasteiger partial charge >= 0.3 is 0 Å². The molecule has 3 nitrogen and oxygen atoms in total. The minimum Gasteiger partial charge on any atom is -0.487 e. The van der Waals surface area contributed by atoms with Crippen molar-refractivity contribution in [3.8, 4) is 5.75 Å². The molecule has 0 bridgehead atoms. The summed E-state index contributed by atoms with van der Waals surface area (Å²) in [5.74, 6) is 0.915. The monoisotopic (exact) mass is 260 g/mol. The molecule has 1 aromatic carbocycles. The third kappa shape index (κ3) is 3.31. The van der Waals surface area contributed by atoms with Gasteiger partial charge in [-0.15, -0.1) is 11.3 Å². The molecular formula is C14H16N2OS. The summed E-state index contributed by atoms with van der Waals surface area (Å²) in [6.07, 6.45) is 2.64. The molecule has 2 aromatic rings. The zero-order chi connectivity index (χ0) is 12.2. The first-order valence-corrected chi connectivity index (χ1v) is 7.16. The van der Waals surface area contributed by atoms with E-state index >= 15 is 0 Å². The quantitative estimate of drug-likeness (QED) is 0.867. The number of hydrogen-bond donors (Lipinski definition) is 1. The molecule has 0 aliphatic heterocycles. The molecule has 1 aromatic heterocycles. The fraction of sp³-hybridized carbons (Fsp3) is 0.357. The summed E-state index contributed by atoms with van der Waals surface area (Å²) in [5.41, 5.74) is 4.09. The lowest BCUT2D eigenvalue weighted by Crippen LogP contribution is -2.15. The molecule has 1 aliphatic carbocycles. The molecule has 0 unspecified atom stereocenters. The molecule has 4 heteroatoms. The number of aromatic nitrogens is 1. The normalized spacial score (nSPS) is 14.7. The van der Waals surface area contributed by atoms with Gasteiger partial charge in [-0.3, -0.25) is 0 Å². The zero-order valence-electron chi connectivity index (χ0n) is 10.1. The SMILES string of the molecule is c1cc(CNC2CC2)cc(OCc2cscn2)c1. The minimum atomic E-state index is 0.545. The summed E-state index contributed by atoms with van der Waals surface area (Å²) in [4.78, 5) is 4.20. The summed E-state index contributed by atoms with van der Waals surface area (Å²) in [7, 11) is 0. The van der Waals surface area contributed by atoms with Crippen LogP contribution in [0.2, 0.25) is 0 Å². The second-order valence-corrected chi connectivity index (χ2v) is 5.29. The van der Waals surface area contributed by atoms with Crippen molar-refractivity contribution >= 4 is 11.3 Å². The maximum atomic E-state index is 5.73. The summed E-state index contributed by atoms with van der Waals surface area (Å²) < 4.78 is 5.73. The van der Waals surface area contributed by atoms with Crippen LogP contribution in [-0.2, 0) is 13.2 Å². The average Bonchev–Trinajstić information content (AvgIpc) is 3.09. The van der Waals surface area contributed by atoms with E-state index in [9.17, 15) is 0 Å². The first-order chi connectivity index (χ1) is 8.90. The maximum absolute atomic E-state index is 5.73. The Balaban J connectivity index is 1.55. The van der Waals surface area contributed by atoms with E-state index in [0.717, 1.165) is 24.0 Å². The number of ether oxygens (including phenoxy) is 1. The van der Waals surface area contributed by atoms with Crippen LogP contribution in [0, 0.1) is 0 Å². The largest absolute Gasteiger partial charge is 0.487 e. The molecule has 1 saturated carbocycles. The van der Waals surface area contributed by atoms with Crippen LogP contribution in [0.1, 0.15) is 24.1 Å². The van der Waals surface area contributed by atoms with E-state index in [1.54, 1.807) is 11.3 Å². The predicted octanol–water partition coefficient (Wildman–Crippen LogP) is 2.97. The van der Waals surface area contributed by atoms with Crippen molar-refractivity contribution in [2.45, 2.75) is 32.0 Å². The summed E-state index contributed by atoms with van der Waals surface area (Å²) >= 11 is 1.60. The van der Waals surface area contributed by atoms with Gasteiger partial charge in [0.25, 0.3) is 0 Å². The molecule has 1 heterocycles. The molecule has 94 valence electrons. The molecule has 3 rings (SSSR count).